The third kappa shape index (κ3) is 1.95. The van der Waals surface area contributed by atoms with E-state index in [2.05, 4.69) is 60.7 Å². The van der Waals surface area contributed by atoms with Crippen molar-refractivity contribution in [3.63, 3.8) is 0 Å². The van der Waals surface area contributed by atoms with Gasteiger partial charge in [0.15, 0.2) is 0 Å². The number of hydrogen-bond acceptors (Lipinski definition) is 1. The van der Waals surface area contributed by atoms with Crippen molar-refractivity contribution >= 4 is 0 Å². The van der Waals surface area contributed by atoms with Crippen LogP contribution in [0.1, 0.15) is 17.5 Å². The quantitative estimate of drug-likeness (QED) is 0.868. The Bertz CT molecular complexity index is 506. The Kier molecular flexibility index (Phi) is 2.92. The van der Waals surface area contributed by atoms with Gasteiger partial charge in [-0.1, -0.05) is 60.7 Å². The lowest BCUT2D eigenvalue weighted by molar-refractivity contribution is 0.603. The van der Waals surface area contributed by atoms with Crippen molar-refractivity contribution in [2.24, 2.45) is 11.7 Å². The fraction of sp³-hybridized carbons (Fsp3) is 0.294. The van der Waals surface area contributed by atoms with Crippen LogP contribution in [0.4, 0.5) is 0 Å². The SMILES string of the molecule is NCC1CC1(Cc1ccccc1)c1ccccc1. The molecule has 1 aliphatic rings. The van der Waals surface area contributed by atoms with Crippen molar-refractivity contribution < 1.29 is 0 Å². The third-order valence-corrected chi connectivity index (χ3v) is 4.23. The Balaban J connectivity index is 1.90. The van der Waals surface area contributed by atoms with Gasteiger partial charge in [0.25, 0.3) is 0 Å². The topological polar surface area (TPSA) is 26.0 Å². The maximum Gasteiger partial charge on any atom is 0.00373 e. The Morgan fingerprint density at radius 1 is 0.944 bits per heavy atom. The molecule has 1 saturated carbocycles. The summed E-state index contributed by atoms with van der Waals surface area (Å²) in [6.45, 7) is 0.793. The lowest BCUT2D eigenvalue weighted by Gasteiger charge is -2.18. The summed E-state index contributed by atoms with van der Waals surface area (Å²) in [5.41, 5.74) is 9.05. The van der Waals surface area contributed by atoms with E-state index in [9.17, 15) is 0 Å². The predicted molar refractivity (Wildman–Crippen MR) is 75.4 cm³/mol. The summed E-state index contributed by atoms with van der Waals surface area (Å²) in [7, 11) is 0. The molecule has 0 saturated heterocycles. The van der Waals surface area contributed by atoms with Crippen LogP contribution in [0.2, 0.25) is 0 Å². The van der Waals surface area contributed by atoms with Crippen molar-refractivity contribution in [3.8, 4) is 0 Å². The first-order chi connectivity index (χ1) is 8.85. The van der Waals surface area contributed by atoms with Crippen molar-refractivity contribution in [1.82, 2.24) is 0 Å². The van der Waals surface area contributed by atoms with Crippen LogP contribution < -0.4 is 5.73 Å². The molecule has 0 aromatic heterocycles. The van der Waals surface area contributed by atoms with Gasteiger partial charge in [0.05, 0.1) is 0 Å². The molecule has 18 heavy (non-hydrogen) atoms. The zero-order valence-corrected chi connectivity index (χ0v) is 10.5. The van der Waals surface area contributed by atoms with Crippen LogP contribution in [0.5, 0.6) is 0 Å². The van der Waals surface area contributed by atoms with Gasteiger partial charge in [0, 0.05) is 5.41 Å². The van der Waals surface area contributed by atoms with Crippen molar-refractivity contribution in [2.75, 3.05) is 6.54 Å². The molecular weight excluding hydrogens is 218 g/mol. The van der Waals surface area contributed by atoms with Gasteiger partial charge in [-0.25, -0.2) is 0 Å². The zero-order chi connectivity index (χ0) is 12.4. The highest BCUT2D eigenvalue weighted by atomic mass is 14.7. The average molecular weight is 237 g/mol. The number of nitrogens with two attached hydrogens (primary N) is 1. The minimum absolute atomic E-state index is 0.289. The van der Waals surface area contributed by atoms with E-state index < -0.39 is 0 Å². The normalized spacial score (nSPS) is 25.9. The second kappa shape index (κ2) is 4.58. The van der Waals surface area contributed by atoms with Gasteiger partial charge in [-0.3, -0.25) is 0 Å². The van der Waals surface area contributed by atoms with Crippen LogP contribution in [0, 0.1) is 5.92 Å². The minimum Gasteiger partial charge on any atom is -0.330 e. The molecular formula is C17H19N. The summed E-state index contributed by atoms with van der Waals surface area (Å²) in [5.74, 6) is 0.639. The van der Waals surface area contributed by atoms with Gasteiger partial charge in [-0.2, -0.15) is 0 Å². The smallest absolute Gasteiger partial charge is 0.00373 e. The predicted octanol–water partition coefficient (Wildman–Crippen LogP) is 3.15. The Hall–Kier alpha value is -1.60. The van der Waals surface area contributed by atoms with E-state index in [-0.39, 0.29) is 5.41 Å². The highest BCUT2D eigenvalue weighted by Gasteiger charge is 2.53. The van der Waals surface area contributed by atoms with Crippen LogP contribution >= 0.6 is 0 Å². The first-order valence-corrected chi connectivity index (χ1v) is 6.65. The first kappa shape index (κ1) is 11.5. The van der Waals surface area contributed by atoms with Gasteiger partial charge in [-0.05, 0) is 36.4 Å². The van der Waals surface area contributed by atoms with E-state index in [1.807, 2.05) is 0 Å². The van der Waals surface area contributed by atoms with Crippen molar-refractivity contribution in [1.29, 1.82) is 0 Å². The average Bonchev–Trinajstić information content (AvgIpc) is 3.15. The first-order valence-electron chi connectivity index (χ1n) is 6.65. The van der Waals surface area contributed by atoms with Crippen LogP contribution in [-0.2, 0) is 11.8 Å². The minimum atomic E-state index is 0.289. The van der Waals surface area contributed by atoms with Crippen molar-refractivity contribution in [3.05, 3.63) is 71.8 Å². The molecule has 1 heteroatoms. The molecule has 1 nitrogen and oxygen atoms in total. The van der Waals surface area contributed by atoms with E-state index in [1.165, 1.54) is 17.5 Å². The molecule has 1 fully saturated rings. The molecule has 0 bridgehead atoms. The highest BCUT2D eigenvalue weighted by molar-refractivity contribution is 5.37. The highest BCUT2D eigenvalue weighted by Crippen LogP contribution is 2.55. The van der Waals surface area contributed by atoms with E-state index in [0.29, 0.717) is 5.92 Å². The standard InChI is InChI=1S/C17H19N/c18-13-16-12-17(16,15-9-5-2-6-10-15)11-14-7-3-1-4-8-14/h1-10,16H,11-13,18H2. The van der Waals surface area contributed by atoms with Gasteiger partial charge in [-0.15, -0.1) is 0 Å². The van der Waals surface area contributed by atoms with E-state index >= 15 is 0 Å². The maximum absolute atomic E-state index is 5.90. The van der Waals surface area contributed by atoms with Crippen LogP contribution in [0.15, 0.2) is 60.7 Å². The molecule has 0 radical (unpaired) electrons. The fourth-order valence-corrected chi connectivity index (χ4v) is 3.09. The molecule has 2 aromatic rings. The fourth-order valence-electron chi connectivity index (χ4n) is 3.09. The van der Waals surface area contributed by atoms with Crippen LogP contribution in [0.3, 0.4) is 0 Å². The Labute approximate surface area is 109 Å². The van der Waals surface area contributed by atoms with E-state index in [0.717, 1.165) is 13.0 Å². The molecule has 0 heterocycles. The number of hydrogen-bond donors (Lipinski definition) is 1. The summed E-state index contributed by atoms with van der Waals surface area (Å²) >= 11 is 0. The van der Waals surface area contributed by atoms with Gasteiger partial charge in [0.2, 0.25) is 0 Å². The summed E-state index contributed by atoms with van der Waals surface area (Å²) in [6, 6.07) is 21.6. The van der Waals surface area contributed by atoms with Gasteiger partial charge < -0.3 is 5.73 Å². The molecule has 2 aromatic carbocycles. The third-order valence-electron chi connectivity index (χ3n) is 4.23. The van der Waals surface area contributed by atoms with E-state index in [1.54, 1.807) is 0 Å². The molecule has 2 unspecified atom stereocenters. The zero-order valence-electron chi connectivity index (χ0n) is 10.5. The Morgan fingerprint density at radius 3 is 2.11 bits per heavy atom. The summed E-state index contributed by atoms with van der Waals surface area (Å²) in [4.78, 5) is 0. The molecule has 92 valence electrons. The largest absolute Gasteiger partial charge is 0.330 e. The molecule has 2 N–H and O–H groups in total. The molecule has 0 spiro atoms. The van der Waals surface area contributed by atoms with Crippen molar-refractivity contribution in [2.45, 2.75) is 18.3 Å². The summed E-state index contributed by atoms with van der Waals surface area (Å²) < 4.78 is 0. The van der Waals surface area contributed by atoms with Crippen LogP contribution in [-0.4, -0.2) is 6.54 Å². The monoisotopic (exact) mass is 237 g/mol. The lowest BCUT2D eigenvalue weighted by atomic mass is 9.86. The number of rotatable bonds is 4. The summed E-state index contributed by atoms with van der Waals surface area (Å²) in [6.07, 6.45) is 2.34. The second-order valence-electron chi connectivity index (χ2n) is 5.32. The van der Waals surface area contributed by atoms with E-state index in [4.69, 9.17) is 5.73 Å². The molecule has 0 amide bonds. The molecule has 1 aliphatic carbocycles. The van der Waals surface area contributed by atoms with Gasteiger partial charge in [0.1, 0.15) is 0 Å². The molecule has 2 atom stereocenters. The van der Waals surface area contributed by atoms with Gasteiger partial charge >= 0.3 is 0 Å². The Morgan fingerprint density at radius 2 is 1.56 bits per heavy atom. The van der Waals surface area contributed by atoms with Crippen LogP contribution in [0.25, 0.3) is 0 Å². The molecule has 3 rings (SSSR count). The lowest BCUT2D eigenvalue weighted by Crippen LogP contribution is -2.18. The maximum atomic E-state index is 5.90. The summed E-state index contributed by atoms with van der Waals surface area (Å²) in [5, 5.41) is 0. The number of benzene rings is 2. The second-order valence-corrected chi connectivity index (χ2v) is 5.32. The molecule has 0 aliphatic heterocycles.